The predicted octanol–water partition coefficient (Wildman–Crippen LogP) is 0.882. The Morgan fingerprint density at radius 3 is 2.67 bits per heavy atom. The molecule has 88 valence electrons. The molecule has 0 radical (unpaired) electrons. The monoisotopic (exact) mass is 235 g/mol. The van der Waals surface area contributed by atoms with Crippen molar-refractivity contribution < 1.29 is 14.3 Å². The Balaban J connectivity index is 0.00000112. The molecule has 2 aliphatic heterocycles. The maximum Gasteiger partial charge on any atom is 0.322 e. The molecule has 2 saturated heterocycles. The van der Waals surface area contributed by atoms with Crippen LogP contribution in [0.15, 0.2) is 0 Å². The van der Waals surface area contributed by atoms with Crippen LogP contribution in [-0.4, -0.2) is 37.9 Å². The molecule has 2 heterocycles. The summed E-state index contributed by atoms with van der Waals surface area (Å²) >= 11 is 0. The van der Waals surface area contributed by atoms with Crippen molar-refractivity contribution in [2.24, 2.45) is 0 Å². The molecular formula is C10H18ClNO3. The van der Waals surface area contributed by atoms with Crippen LogP contribution in [0, 0.1) is 0 Å². The highest BCUT2D eigenvalue weighted by atomic mass is 35.5. The summed E-state index contributed by atoms with van der Waals surface area (Å²) in [5.41, 5.74) is 0.150. The second-order valence-electron chi connectivity index (χ2n) is 4.15. The fourth-order valence-electron chi connectivity index (χ4n) is 2.41. The first kappa shape index (κ1) is 12.7. The summed E-state index contributed by atoms with van der Waals surface area (Å²) in [7, 11) is 1.44. The molecule has 0 saturated carbocycles. The first-order chi connectivity index (χ1) is 6.76. The van der Waals surface area contributed by atoms with E-state index in [0.29, 0.717) is 0 Å². The summed E-state index contributed by atoms with van der Waals surface area (Å²) in [6, 6.07) is -0.0990. The highest BCUT2D eigenvalue weighted by molar-refractivity contribution is 5.85. The first-order valence-electron chi connectivity index (χ1n) is 5.19. The lowest BCUT2D eigenvalue weighted by atomic mass is 9.89. The molecule has 0 aromatic rings. The third-order valence-corrected chi connectivity index (χ3v) is 3.33. The summed E-state index contributed by atoms with van der Waals surface area (Å²) in [6.07, 6.45) is 3.99. The number of halogens is 1. The summed E-state index contributed by atoms with van der Waals surface area (Å²) in [5, 5.41) is 3.40. The van der Waals surface area contributed by atoms with Crippen molar-refractivity contribution in [3.8, 4) is 0 Å². The highest BCUT2D eigenvalue weighted by Crippen LogP contribution is 2.32. The van der Waals surface area contributed by atoms with Crippen molar-refractivity contribution in [3.05, 3.63) is 0 Å². The van der Waals surface area contributed by atoms with Crippen molar-refractivity contribution in [2.75, 3.05) is 20.3 Å². The third-order valence-electron chi connectivity index (χ3n) is 3.33. The minimum absolute atomic E-state index is 0. The van der Waals surface area contributed by atoms with Crippen molar-refractivity contribution >= 4 is 18.4 Å². The van der Waals surface area contributed by atoms with Crippen molar-refractivity contribution in [2.45, 2.75) is 37.3 Å². The van der Waals surface area contributed by atoms with Gasteiger partial charge in [-0.05, 0) is 25.7 Å². The molecule has 1 unspecified atom stereocenters. The van der Waals surface area contributed by atoms with E-state index in [1.54, 1.807) is 0 Å². The second kappa shape index (κ2) is 5.14. The minimum atomic E-state index is -0.131. The number of hydrogen-bond donors (Lipinski definition) is 1. The van der Waals surface area contributed by atoms with Crippen LogP contribution in [0.2, 0.25) is 0 Å². The standard InChI is InChI=1S/C10H17NO3.ClH/c1-13-9(12)8-2-3-10(11-8)4-6-14-7-5-10;/h8,11H,2-7H2,1H3;1H. The lowest BCUT2D eigenvalue weighted by Crippen LogP contribution is -2.49. The van der Waals surface area contributed by atoms with Crippen LogP contribution in [0.1, 0.15) is 25.7 Å². The van der Waals surface area contributed by atoms with Crippen LogP contribution in [0.25, 0.3) is 0 Å². The van der Waals surface area contributed by atoms with Gasteiger partial charge >= 0.3 is 5.97 Å². The van der Waals surface area contributed by atoms with Gasteiger partial charge in [-0.2, -0.15) is 0 Å². The molecule has 2 rings (SSSR count). The van der Waals surface area contributed by atoms with E-state index in [-0.39, 0.29) is 30.0 Å². The van der Waals surface area contributed by atoms with Gasteiger partial charge in [0.2, 0.25) is 0 Å². The van der Waals surface area contributed by atoms with E-state index in [4.69, 9.17) is 9.47 Å². The van der Waals surface area contributed by atoms with Gasteiger partial charge in [-0.15, -0.1) is 12.4 Å². The maximum atomic E-state index is 11.3. The molecule has 0 aromatic heterocycles. The first-order valence-corrected chi connectivity index (χ1v) is 5.19. The van der Waals surface area contributed by atoms with Crippen LogP contribution < -0.4 is 5.32 Å². The maximum absolute atomic E-state index is 11.3. The number of carbonyl (C=O) groups excluding carboxylic acids is 1. The van der Waals surface area contributed by atoms with Gasteiger partial charge in [-0.1, -0.05) is 0 Å². The highest BCUT2D eigenvalue weighted by Gasteiger charge is 2.42. The van der Waals surface area contributed by atoms with Gasteiger partial charge in [0.1, 0.15) is 6.04 Å². The molecular weight excluding hydrogens is 218 g/mol. The number of carbonyl (C=O) groups is 1. The Morgan fingerprint density at radius 1 is 1.40 bits per heavy atom. The Morgan fingerprint density at radius 2 is 2.07 bits per heavy atom. The Kier molecular flexibility index (Phi) is 4.37. The van der Waals surface area contributed by atoms with Crippen molar-refractivity contribution in [1.29, 1.82) is 0 Å². The molecule has 15 heavy (non-hydrogen) atoms. The predicted molar refractivity (Wildman–Crippen MR) is 58.2 cm³/mol. The second-order valence-corrected chi connectivity index (χ2v) is 4.15. The number of hydrogen-bond acceptors (Lipinski definition) is 4. The lowest BCUT2D eigenvalue weighted by Gasteiger charge is -2.34. The molecule has 0 bridgehead atoms. The van der Waals surface area contributed by atoms with E-state index < -0.39 is 0 Å². The van der Waals surface area contributed by atoms with Gasteiger partial charge in [0.15, 0.2) is 0 Å². The quantitative estimate of drug-likeness (QED) is 0.686. The average Bonchev–Trinajstić information content (AvgIpc) is 2.62. The molecule has 0 aliphatic carbocycles. The smallest absolute Gasteiger partial charge is 0.322 e. The van der Waals surface area contributed by atoms with Crippen LogP contribution in [0.4, 0.5) is 0 Å². The molecule has 2 fully saturated rings. The topological polar surface area (TPSA) is 47.6 Å². The van der Waals surface area contributed by atoms with Crippen LogP contribution >= 0.6 is 12.4 Å². The number of methoxy groups -OCH3 is 1. The van der Waals surface area contributed by atoms with E-state index in [1.807, 2.05) is 0 Å². The van der Waals surface area contributed by atoms with Gasteiger partial charge in [-0.25, -0.2) is 0 Å². The van der Waals surface area contributed by atoms with Gasteiger partial charge in [0.05, 0.1) is 7.11 Å². The normalized spacial score (nSPS) is 28.5. The van der Waals surface area contributed by atoms with E-state index in [1.165, 1.54) is 7.11 Å². The molecule has 0 amide bonds. The molecule has 1 spiro atoms. The Hall–Kier alpha value is -0.320. The zero-order valence-electron chi connectivity index (χ0n) is 8.95. The van der Waals surface area contributed by atoms with Crippen LogP contribution in [0.5, 0.6) is 0 Å². The lowest BCUT2D eigenvalue weighted by molar-refractivity contribution is -0.143. The van der Waals surface area contributed by atoms with E-state index in [0.717, 1.165) is 38.9 Å². The number of rotatable bonds is 1. The van der Waals surface area contributed by atoms with Crippen LogP contribution in [0.3, 0.4) is 0 Å². The van der Waals surface area contributed by atoms with Crippen LogP contribution in [-0.2, 0) is 14.3 Å². The van der Waals surface area contributed by atoms with E-state index >= 15 is 0 Å². The average molecular weight is 236 g/mol. The molecule has 1 N–H and O–H groups in total. The minimum Gasteiger partial charge on any atom is -0.468 e. The van der Waals surface area contributed by atoms with Crippen molar-refractivity contribution in [3.63, 3.8) is 0 Å². The van der Waals surface area contributed by atoms with Gasteiger partial charge < -0.3 is 9.47 Å². The SMILES string of the molecule is COC(=O)C1CCC2(CCOCC2)N1.Cl. The third kappa shape index (κ3) is 2.62. The molecule has 5 heteroatoms. The summed E-state index contributed by atoms with van der Waals surface area (Å²) in [5.74, 6) is -0.131. The molecule has 2 aliphatic rings. The van der Waals surface area contributed by atoms with Gasteiger partial charge in [0, 0.05) is 18.8 Å². The van der Waals surface area contributed by atoms with Gasteiger partial charge in [0.25, 0.3) is 0 Å². The fourth-order valence-corrected chi connectivity index (χ4v) is 2.41. The van der Waals surface area contributed by atoms with Gasteiger partial charge in [-0.3, -0.25) is 10.1 Å². The largest absolute Gasteiger partial charge is 0.468 e. The number of esters is 1. The number of nitrogens with one attached hydrogen (secondary N) is 1. The summed E-state index contributed by atoms with van der Waals surface area (Å²) in [6.45, 7) is 1.61. The Labute approximate surface area is 96.1 Å². The van der Waals surface area contributed by atoms with E-state index in [9.17, 15) is 4.79 Å². The molecule has 4 nitrogen and oxygen atoms in total. The fraction of sp³-hybridized carbons (Fsp3) is 0.900. The summed E-state index contributed by atoms with van der Waals surface area (Å²) in [4.78, 5) is 11.3. The molecule has 0 aromatic carbocycles. The van der Waals surface area contributed by atoms with E-state index in [2.05, 4.69) is 5.32 Å². The molecule has 1 atom stereocenters. The zero-order chi connectivity index (χ0) is 10.0. The Bertz CT molecular complexity index is 229. The summed E-state index contributed by atoms with van der Waals surface area (Å²) < 4.78 is 10.1. The van der Waals surface area contributed by atoms with Crippen molar-refractivity contribution in [1.82, 2.24) is 5.32 Å². The number of ether oxygens (including phenoxy) is 2. The zero-order valence-corrected chi connectivity index (χ0v) is 9.77.